The fourth-order valence-corrected chi connectivity index (χ4v) is 1.85. The maximum atomic E-state index is 6.02. The zero-order valence-corrected chi connectivity index (χ0v) is 9.36. The summed E-state index contributed by atoms with van der Waals surface area (Å²) in [4.78, 5) is 0. The van der Waals surface area contributed by atoms with Crippen LogP contribution >= 0.6 is 23.2 Å². The molecule has 1 rings (SSSR count). The van der Waals surface area contributed by atoms with Crippen LogP contribution in [0.2, 0.25) is 10.0 Å². The van der Waals surface area contributed by atoms with Gasteiger partial charge >= 0.3 is 0 Å². The second-order valence-electron chi connectivity index (χ2n) is 2.79. The summed E-state index contributed by atoms with van der Waals surface area (Å²) in [6.45, 7) is 2.76. The van der Waals surface area contributed by atoms with E-state index in [1.165, 1.54) is 0 Å². The van der Waals surface area contributed by atoms with Gasteiger partial charge in [-0.2, -0.15) is 0 Å². The van der Waals surface area contributed by atoms with Gasteiger partial charge in [-0.3, -0.25) is 0 Å². The number of benzene rings is 1. The lowest BCUT2D eigenvalue weighted by Crippen LogP contribution is -2.19. The van der Waals surface area contributed by atoms with Gasteiger partial charge in [0.25, 0.3) is 0 Å². The van der Waals surface area contributed by atoms with Crippen LogP contribution in [-0.4, -0.2) is 6.54 Å². The Kier molecular flexibility index (Phi) is 4.28. The molecule has 1 nitrogen and oxygen atoms in total. The second kappa shape index (κ2) is 5.26. The van der Waals surface area contributed by atoms with Gasteiger partial charge in [0, 0.05) is 15.6 Å². The van der Waals surface area contributed by atoms with Crippen molar-refractivity contribution in [2.75, 3.05) is 6.54 Å². The van der Waals surface area contributed by atoms with E-state index in [1.54, 1.807) is 18.2 Å². The zero-order chi connectivity index (χ0) is 10.6. The minimum absolute atomic E-state index is 0.221. The number of hydrogen-bond donors (Lipinski definition) is 1. The van der Waals surface area contributed by atoms with Crippen LogP contribution in [0.15, 0.2) is 18.2 Å². The molecule has 74 valence electrons. The molecule has 14 heavy (non-hydrogen) atoms. The molecule has 0 saturated heterocycles. The maximum Gasteiger partial charge on any atom is 0.0972 e. The highest BCUT2D eigenvalue weighted by Crippen LogP contribution is 2.29. The predicted octanol–water partition coefficient (Wildman–Crippen LogP) is 3.28. The Bertz CT molecular complexity index is 335. The molecule has 1 aromatic carbocycles. The Labute approximate surface area is 94.4 Å². The summed E-state index contributed by atoms with van der Waals surface area (Å²) in [5, 5.41) is 4.32. The topological polar surface area (TPSA) is 12.0 Å². The fourth-order valence-electron chi connectivity index (χ4n) is 1.23. The third-order valence-electron chi connectivity index (χ3n) is 1.86. The summed E-state index contributed by atoms with van der Waals surface area (Å²) in [7, 11) is 0. The first kappa shape index (κ1) is 11.4. The largest absolute Gasteiger partial charge is 0.300 e. The molecule has 0 radical (unpaired) electrons. The molecule has 0 aromatic heterocycles. The fraction of sp³-hybridized carbons (Fsp3) is 0.273. The van der Waals surface area contributed by atoms with Crippen LogP contribution < -0.4 is 5.32 Å². The van der Waals surface area contributed by atoms with Gasteiger partial charge in [-0.1, -0.05) is 42.1 Å². The highest BCUT2D eigenvalue weighted by molar-refractivity contribution is 6.36. The van der Waals surface area contributed by atoms with Gasteiger partial charge < -0.3 is 5.32 Å². The Morgan fingerprint density at radius 3 is 2.43 bits per heavy atom. The van der Waals surface area contributed by atoms with Crippen molar-refractivity contribution in [3.05, 3.63) is 33.8 Å². The van der Waals surface area contributed by atoms with E-state index in [0.717, 1.165) is 12.1 Å². The van der Waals surface area contributed by atoms with Crippen molar-refractivity contribution in [1.82, 2.24) is 5.32 Å². The molecule has 1 N–H and O–H groups in total. The molecule has 0 fully saturated rings. The molecule has 0 aliphatic carbocycles. The van der Waals surface area contributed by atoms with E-state index >= 15 is 0 Å². The van der Waals surface area contributed by atoms with E-state index in [1.807, 2.05) is 6.92 Å². The lowest BCUT2D eigenvalue weighted by molar-refractivity contribution is 0.665. The van der Waals surface area contributed by atoms with E-state index < -0.39 is 0 Å². The standard InChI is InChI=1S/C11H11Cl2N/c1-3-10(14-4-2)11-8(12)6-5-7-9(11)13/h1,5-7,10,14H,4H2,2H3. The molecule has 0 heterocycles. The number of nitrogens with one attached hydrogen (secondary N) is 1. The number of halogens is 2. The Morgan fingerprint density at radius 1 is 1.43 bits per heavy atom. The number of terminal acetylenes is 1. The highest BCUT2D eigenvalue weighted by atomic mass is 35.5. The maximum absolute atomic E-state index is 6.02. The normalized spacial score (nSPS) is 12.1. The Hall–Kier alpha value is -0.680. The minimum atomic E-state index is -0.221. The molecule has 0 spiro atoms. The van der Waals surface area contributed by atoms with Gasteiger partial charge in [0.05, 0.1) is 6.04 Å². The molecule has 1 atom stereocenters. The summed E-state index contributed by atoms with van der Waals surface area (Å²) in [6.07, 6.45) is 5.40. The van der Waals surface area contributed by atoms with Gasteiger partial charge in [-0.15, -0.1) is 6.42 Å². The van der Waals surface area contributed by atoms with Crippen molar-refractivity contribution in [2.24, 2.45) is 0 Å². The molecule has 1 aromatic rings. The Balaban J connectivity index is 3.10. The van der Waals surface area contributed by atoms with Crippen LogP contribution in [0.4, 0.5) is 0 Å². The molecule has 0 bridgehead atoms. The van der Waals surface area contributed by atoms with Crippen LogP contribution in [0.25, 0.3) is 0 Å². The number of rotatable bonds is 3. The first-order chi connectivity index (χ1) is 6.70. The average molecular weight is 228 g/mol. The molecular formula is C11H11Cl2N. The number of hydrogen-bond acceptors (Lipinski definition) is 1. The van der Waals surface area contributed by atoms with Crippen molar-refractivity contribution in [3.8, 4) is 12.3 Å². The third-order valence-corrected chi connectivity index (χ3v) is 2.52. The van der Waals surface area contributed by atoms with Gasteiger partial charge in [0.1, 0.15) is 0 Å². The smallest absolute Gasteiger partial charge is 0.0972 e. The van der Waals surface area contributed by atoms with Crippen LogP contribution in [0.5, 0.6) is 0 Å². The molecule has 3 heteroatoms. The van der Waals surface area contributed by atoms with Gasteiger partial charge in [-0.05, 0) is 18.7 Å². The van der Waals surface area contributed by atoms with Crippen LogP contribution in [0.3, 0.4) is 0 Å². The first-order valence-corrected chi connectivity index (χ1v) is 5.09. The SMILES string of the molecule is C#CC(NCC)c1c(Cl)cccc1Cl. The highest BCUT2D eigenvalue weighted by Gasteiger charge is 2.14. The zero-order valence-electron chi connectivity index (χ0n) is 7.85. The molecule has 0 aliphatic heterocycles. The van der Waals surface area contributed by atoms with Crippen LogP contribution in [0.1, 0.15) is 18.5 Å². The van der Waals surface area contributed by atoms with Crippen LogP contribution in [0, 0.1) is 12.3 Å². The third kappa shape index (κ3) is 2.42. The quantitative estimate of drug-likeness (QED) is 0.783. The summed E-state index contributed by atoms with van der Waals surface area (Å²) in [6, 6.07) is 5.14. The average Bonchev–Trinajstić information content (AvgIpc) is 2.16. The molecular weight excluding hydrogens is 217 g/mol. The van der Waals surface area contributed by atoms with Gasteiger partial charge in [0.15, 0.2) is 0 Å². The summed E-state index contributed by atoms with van der Waals surface area (Å²) >= 11 is 12.0. The van der Waals surface area contributed by atoms with Crippen molar-refractivity contribution in [1.29, 1.82) is 0 Å². The Morgan fingerprint density at radius 2 is 2.00 bits per heavy atom. The molecule has 0 aliphatic rings. The predicted molar refractivity (Wildman–Crippen MR) is 61.7 cm³/mol. The molecule has 1 unspecified atom stereocenters. The second-order valence-corrected chi connectivity index (χ2v) is 3.61. The first-order valence-electron chi connectivity index (χ1n) is 4.34. The van der Waals surface area contributed by atoms with Gasteiger partial charge in [-0.25, -0.2) is 0 Å². The van der Waals surface area contributed by atoms with Crippen molar-refractivity contribution in [3.63, 3.8) is 0 Å². The monoisotopic (exact) mass is 227 g/mol. The lowest BCUT2D eigenvalue weighted by atomic mass is 10.1. The molecule has 0 amide bonds. The van der Waals surface area contributed by atoms with Crippen molar-refractivity contribution in [2.45, 2.75) is 13.0 Å². The van der Waals surface area contributed by atoms with E-state index in [9.17, 15) is 0 Å². The summed E-state index contributed by atoms with van der Waals surface area (Å²) in [5.74, 6) is 2.62. The van der Waals surface area contributed by atoms with E-state index in [4.69, 9.17) is 29.6 Å². The minimum Gasteiger partial charge on any atom is -0.300 e. The lowest BCUT2D eigenvalue weighted by Gasteiger charge is -2.14. The van der Waals surface area contributed by atoms with E-state index in [0.29, 0.717) is 10.0 Å². The van der Waals surface area contributed by atoms with Crippen molar-refractivity contribution >= 4 is 23.2 Å². The van der Waals surface area contributed by atoms with Gasteiger partial charge in [0.2, 0.25) is 0 Å². The molecule has 0 saturated carbocycles. The summed E-state index contributed by atoms with van der Waals surface area (Å²) in [5.41, 5.74) is 0.778. The summed E-state index contributed by atoms with van der Waals surface area (Å²) < 4.78 is 0. The van der Waals surface area contributed by atoms with E-state index in [2.05, 4.69) is 11.2 Å². The van der Waals surface area contributed by atoms with E-state index in [-0.39, 0.29) is 6.04 Å². The van der Waals surface area contributed by atoms with Crippen molar-refractivity contribution < 1.29 is 0 Å². The van der Waals surface area contributed by atoms with Crippen LogP contribution in [-0.2, 0) is 0 Å².